The van der Waals surface area contributed by atoms with Gasteiger partial charge < -0.3 is 4.74 Å². The first-order valence-electron chi connectivity index (χ1n) is 7.18. The maximum Gasteiger partial charge on any atom is 0.171 e. The molecule has 1 atom stereocenters. The monoisotopic (exact) mass is 298 g/mol. The molecule has 0 spiro atoms. The SMILES string of the molecule is CC(C)Oc1cccc(C(=O)C2CSc3ccccc32)c1. The number of hydrogen-bond donors (Lipinski definition) is 0. The van der Waals surface area contributed by atoms with Gasteiger partial charge in [0.25, 0.3) is 0 Å². The van der Waals surface area contributed by atoms with E-state index in [4.69, 9.17) is 4.74 Å². The van der Waals surface area contributed by atoms with E-state index in [1.54, 1.807) is 11.8 Å². The summed E-state index contributed by atoms with van der Waals surface area (Å²) in [4.78, 5) is 14.0. The molecule has 1 heterocycles. The third kappa shape index (κ3) is 2.98. The van der Waals surface area contributed by atoms with Crippen LogP contribution in [-0.4, -0.2) is 17.6 Å². The van der Waals surface area contributed by atoms with Crippen LogP contribution in [0.1, 0.15) is 35.7 Å². The van der Waals surface area contributed by atoms with E-state index in [1.165, 1.54) is 4.90 Å². The maximum absolute atomic E-state index is 12.8. The van der Waals surface area contributed by atoms with Gasteiger partial charge in [0.15, 0.2) is 5.78 Å². The molecule has 0 aliphatic carbocycles. The van der Waals surface area contributed by atoms with Gasteiger partial charge in [-0.1, -0.05) is 30.3 Å². The number of ketones is 1. The molecule has 108 valence electrons. The molecule has 21 heavy (non-hydrogen) atoms. The molecule has 0 radical (unpaired) electrons. The van der Waals surface area contributed by atoms with Crippen LogP contribution < -0.4 is 4.74 Å². The zero-order valence-corrected chi connectivity index (χ0v) is 13.0. The summed E-state index contributed by atoms with van der Waals surface area (Å²) < 4.78 is 5.68. The van der Waals surface area contributed by atoms with E-state index in [-0.39, 0.29) is 17.8 Å². The minimum atomic E-state index is -0.0412. The molecule has 2 aromatic rings. The molecule has 0 fully saturated rings. The number of fused-ring (bicyclic) bond motifs is 1. The van der Waals surface area contributed by atoms with Crippen molar-refractivity contribution >= 4 is 17.5 Å². The second-order valence-corrected chi connectivity index (χ2v) is 6.52. The summed E-state index contributed by atoms with van der Waals surface area (Å²) in [5.41, 5.74) is 1.89. The normalized spacial score (nSPS) is 16.8. The van der Waals surface area contributed by atoms with Gasteiger partial charge in [-0.3, -0.25) is 4.79 Å². The predicted molar refractivity (Wildman–Crippen MR) is 86.4 cm³/mol. The number of carbonyl (C=O) groups is 1. The van der Waals surface area contributed by atoms with Crippen LogP contribution in [0.4, 0.5) is 0 Å². The van der Waals surface area contributed by atoms with Gasteiger partial charge in [-0.05, 0) is 37.6 Å². The van der Waals surface area contributed by atoms with Crippen molar-refractivity contribution in [3.05, 3.63) is 59.7 Å². The summed E-state index contributed by atoms with van der Waals surface area (Å²) in [6.45, 7) is 3.97. The molecule has 0 amide bonds. The Bertz CT molecular complexity index is 664. The molecule has 3 heteroatoms. The van der Waals surface area contributed by atoms with E-state index < -0.39 is 0 Å². The topological polar surface area (TPSA) is 26.3 Å². The van der Waals surface area contributed by atoms with E-state index in [9.17, 15) is 4.79 Å². The maximum atomic E-state index is 12.8. The van der Waals surface area contributed by atoms with Crippen molar-refractivity contribution in [1.82, 2.24) is 0 Å². The quantitative estimate of drug-likeness (QED) is 0.775. The first-order chi connectivity index (χ1) is 10.1. The number of carbonyl (C=O) groups excluding carboxylic acids is 1. The molecular formula is C18H18O2S. The van der Waals surface area contributed by atoms with Crippen molar-refractivity contribution in [3.8, 4) is 5.75 Å². The van der Waals surface area contributed by atoms with Gasteiger partial charge in [-0.25, -0.2) is 0 Å². The third-order valence-electron chi connectivity index (χ3n) is 3.51. The molecule has 0 saturated carbocycles. The minimum Gasteiger partial charge on any atom is -0.491 e. The molecular weight excluding hydrogens is 280 g/mol. The number of rotatable bonds is 4. The Labute approximate surface area is 129 Å². The van der Waals surface area contributed by atoms with Crippen molar-refractivity contribution in [2.24, 2.45) is 0 Å². The van der Waals surface area contributed by atoms with Crippen LogP contribution in [0.25, 0.3) is 0 Å². The third-order valence-corrected chi connectivity index (χ3v) is 4.69. The Hall–Kier alpha value is -1.74. The van der Waals surface area contributed by atoms with Gasteiger partial charge in [0.1, 0.15) is 5.75 Å². The molecule has 0 aromatic heterocycles. The molecule has 1 aliphatic heterocycles. The van der Waals surface area contributed by atoms with Gasteiger partial charge in [-0.15, -0.1) is 11.8 Å². The summed E-state index contributed by atoms with van der Waals surface area (Å²) in [6, 6.07) is 15.7. The Morgan fingerprint density at radius 2 is 2.00 bits per heavy atom. The fraction of sp³-hybridized carbons (Fsp3) is 0.278. The van der Waals surface area contributed by atoms with Crippen molar-refractivity contribution in [1.29, 1.82) is 0 Å². The van der Waals surface area contributed by atoms with Gasteiger partial charge in [0.2, 0.25) is 0 Å². The Kier molecular flexibility index (Phi) is 4.02. The smallest absolute Gasteiger partial charge is 0.171 e. The Morgan fingerprint density at radius 3 is 2.81 bits per heavy atom. The highest BCUT2D eigenvalue weighted by molar-refractivity contribution is 7.99. The van der Waals surface area contributed by atoms with E-state index >= 15 is 0 Å². The van der Waals surface area contributed by atoms with E-state index in [1.807, 2.05) is 50.2 Å². The number of ether oxygens (including phenoxy) is 1. The Balaban J connectivity index is 1.86. The highest BCUT2D eigenvalue weighted by Crippen LogP contribution is 2.41. The molecule has 0 N–H and O–H groups in total. The average molecular weight is 298 g/mol. The second-order valence-electron chi connectivity index (χ2n) is 5.46. The highest BCUT2D eigenvalue weighted by atomic mass is 32.2. The largest absolute Gasteiger partial charge is 0.491 e. The molecule has 2 aromatic carbocycles. The van der Waals surface area contributed by atoms with Crippen molar-refractivity contribution in [3.63, 3.8) is 0 Å². The van der Waals surface area contributed by atoms with Crippen molar-refractivity contribution in [2.45, 2.75) is 30.8 Å². The summed E-state index contributed by atoms with van der Waals surface area (Å²) >= 11 is 1.76. The molecule has 1 aliphatic rings. The van der Waals surface area contributed by atoms with Crippen LogP contribution in [0.5, 0.6) is 5.75 Å². The van der Waals surface area contributed by atoms with E-state index in [2.05, 4.69) is 12.1 Å². The van der Waals surface area contributed by atoms with Gasteiger partial charge >= 0.3 is 0 Å². The molecule has 1 unspecified atom stereocenters. The molecule has 0 saturated heterocycles. The van der Waals surface area contributed by atoms with Crippen LogP contribution in [0, 0.1) is 0 Å². The van der Waals surface area contributed by atoms with Crippen LogP contribution in [-0.2, 0) is 0 Å². The number of Topliss-reactive ketones (excluding diaryl/α,β-unsaturated/α-hetero) is 1. The lowest BCUT2D eigenvalue weighted by Crippen LogP contribution is -2.13. The zero-order chi connectivity index (χ0) is 14.8. The second kappa shape index (κ2) is 5.94. The Morgan fingerprint density at radius 1 is 1.19 bits per heavy atom. The summed E-state index contributed by atoms with van der Waals surface area (Å²) in [5, 5.41) is 0. The number of hydrogen-bond acceptors (Lipinski definition) is 3. The van der Waals surface area contributed by atoms with Gasteiger partial charge in [0, 0.05) is 16.2 Å². The number of thioether (sulfide) groups is 1. The fourth-order valence-electron chi connectivity index (χ4n) is 2.58. The van der Waals surface area contributed by atoms with E-state index in [0.29, 0.717) is 0 Å². The lowest BCUT2D eigenvalue weighted by atomic mass is 9.92. The zero-order valence-electron chi connectivity index (χ0n) is 12.2. The fourth-order valence-corrected chi connectivity index (χ4v) is 3.80. The van der Waals surface area contributed by atoms with Gasteiger partial charge in [-0.2, -0.15) is 0 Å². The van der Waals surface area contributed by atoms with Crippen molar-refractivity contribution < 1.29 is 9.53 Å². The summed E-state index contributed by atoms with van der Waals surface area (Å²) in [6.07, 6.45) is 0.109. The number of benzene rings is 2. The first kappa shape index (κ1) is 14.2. The lowest BCUT2D eigenvalue weighted by molar-refractivity contribution is 0.0967. The molecule has 3 rings (SSSR count). The van der Waals surface area contributed by atoms with E-state index in [0.717, 1.165) is 22.6 Å². The predicted octanol–water partition coefficient (Wildman–Crippen LogP) is 4.55. The standard InChI is InChI=1S/C18H18O2S/c1-12(2)20-14-7-5-6-13(10-14)18(19)16-11-21-17-9-4-3-8-15(16)17/h3-10,12,16H,11H2,1-2H3. The summed E-state index contributed by atoms with van der Waals surface area (Å²) in [7, 11) is 0. The average Bonchev–Trinajstić information content (AvgIpc) is 2.90. The van der Waals surface area contributed by atoms with Gasteiger partial charge in [0.05, 0.1) is 12.0 Å². The van der Waals surface area contributed by atoms with Crippen molar-refractivity contribution in [2.75, 3.05) is 5.75 Å². The molecule has 2 nitrogen and oxygen atoms in total. The summed E-state index contributed by atoms with van der Waals surface area (Å²) in [5.74, 6) is 1.73. The van der Waals surface area contributed by atoms with Crippen LogP contribution in [0.3, 0.4) is 0 Å². The van der Waals surface area contributed by atoms with Crippen LogP contribution >= 0.6 is 11.8 Å². The minimum absolute atomic E-state index is 0.0412. The van der Waals surface area contributed by atoms with Crippen LogP contribution in [0.15, 0.2) is 53.4 Å². The lowest BCUT2D eigenvalue weighted by Gasteiger charge is -2.13. The highest BCUT2D eigenvalue weighted by Gasteiger charge is 2.29. The van der Waals surface area contributed by atoms with Crippen LogP contribution in [0.2, 0.25) is 0 Å². The molecule has 0 bridgehead atoms. The first-order valence-corrected chi connectivity index (χ1v) is 8.16.